The zero-order valence-corrected chi connectivity index (χ0v) is 15.2. The van der Waals surface area contributed by atoms with E-state index in [1.807, 2.05) is 42.6 Å². The van der Waals surface area contributed by atoms with Crippen molar-refractivity contribution < 1.29 is 9.32 Å². The van der Waals surface area contributed by atoms with E-state index >= 15 is 0 Å². The predicted octanol–water partition coefficient (Wildman–Crippen LogP) is 3.93. The van der Waals surface area contributed by atoms with Gasteiger partial charge < -0.3 is 9.42 Å². The van der Waals surface area contributed by atoms with Crippen LogP contribution in [-0.4, -0.2) is 33.0 Å². The first-order valence-corrected chi connectivity index (χ1v) is 8.97. The largest absolute Gasteiger partial charge is 0.364 e. The molecule has 4 rings (SSSR count). The van der Waals surface area contributed by atoms with Gasteiger partial charge in [-0.1, -0.05) is 17.3 Å². The van der Waals surface area contributed by atoms with Crippen LogP contribution in [-0.2, 0) is 6.54 Å². The Morgan fingerprint density at radius 3 is 2.69 bits per heavy atom. The zero-order chi connectivity index (χ0) is 18.1. The molecule has 6 nitrogen and oxygen atoms in total. The Hall–Kier alpha value is -3.06. The molecule has 0 aliphatic rings. The Kier molecular flexibility index (Phi) is 4.22. The van der Waals surface area contributed by atoms with Gasteiger partial charge in [-0.25, -0.2) is 9.97 Å². The van der Waals surface area contributed by atoms with E-state index in [1.165, 1.54) is 6.26 Å². The predicted molar refractivity (Wildman–Crippen MR) is 99.9 cm³/mol. The lowest BCUT2D eigenvalue weighted by atomic mass is 10.1. The number of benzene rings is 1. The molecule has 3 aromatic heterocycles. The van der Waals surface area contributed by atoms with Gasteiger partial charge in [-0.2, -0.15) is 0 Å². The molecule has 0 saturated heterocycles. The molecule has 0 aliphatic heterocycles. The van der Waals surface area contributed by atoms with Gasteiger partial charge in [-0.3, -0.25) is 4.79 Å². The number of nitrogens with zero attached hydrogens (tertiary/aromatic N) is 4. The smallest absolute Gasteiger partial charge is 0.253 e. The average Bonchev–Trinajstić information content (AvgIpc) is 3.32. The molecule has 7 heteroatoms. The van der Waals surface area contributed by atoms with Crippen LogP contribution in [0.5, 0.6) is 0 Å². The molecule has 0 atom stereocenters. The maximum Gasteiger partial charge on any atom is 0.253 e. The van der Waals surface area contributed by atoms with Gasteiger partial charge in [0.05, 0.1) is 22.5 Å². The number of rotatable bonds is 4. The molecule has 0 N–H and O–H groups in total. The maximum atomic E-state index is 12.6. The van der Waals surface area contributed by atoms with E-state index in [4.69, 9.17) is 4.52 Å². The van der Waals surface area contributed by atoms with E-state index in [9.17, 15) is 4.79 Å². The van der Waals surface area contributed by atoms with Crippen LogP contribution in [0.2, 0.25) is 0 Å². The molecule has 0 radical (unpaired) electrons. The summed E-state index contributed by atoms with van der Waals surface area (Å²) in [6, 6.07) is 11.3. The molecule has 3 heterocycles. The third-order valence-electron chi connectivity index (χ3n) is 4.06. The van der Waals surface area contributed by atoms with E-state index in [0.717, 1.165) is 27.3 Å². The van der Waals surface area contributed by atoms with Crippen LogP contribution in [0.25, 0.3) is 21.5 Å². The normalized spacial score (nSPS) is 11.0. The lowest BCUT2D eigenvalue weighted by molar-refractivity contribution is 0.0782. The summed E-state index contributed by atoms with van der Waals surface area (Å²) < 4.78 is 5.86. The van der Waals surface area contributed by atoms with Crippen molar-refractivity contribution in [1.29, 1.82) is 0 Å². The highest BCUT2D eigenvalue weighted by molar-refractivity contribution is 7.17. The third kappa shape index (κ3) is 3.09. The minimum atomic E-state index is -0.0697. The maximum absolute atomic E-state index is 12.6. The molecule has 0 unspecified atom stereocenters. The second-order valence-electron chi connectivity index (χ2n) is 5.98. The summed E-state index contributed by atoms with van der Waals surface area (Å²) in [7, 11) is 1.74. The average molecular weight is 364 g/mol. The summed E-state index contributed by atoms with van der Waals surface area (Å²) in [4.78, 5) is 23.2. The number of hydrogen-bond acceptors (Lipinski definition) is 6. The van der Waals surface area contributed by atoms with Gasteiger partial charge in [0, 0.05) is 24.2 Å². The van der Waals surface area contributed by atoms with Crippen molar-refractivity contribution in [2.24, 2.45) is 0 Å². The number of carbonyl (C=O) groups is 1. The minimum absolute atomic E-state index is 0.0697. The highest BCUT2D eigenvalue weighted by Crippen LogP contribution is 2.30. The summed E-state index contributed by atoms with van der Waals surface area (Å²) >= 11 is 1.62. The first-order chi connectivity index (χ1) is 12.6. The SMILES string of the molecule is Cc1nc(-c2ccc(C(=O)N(C)Cc3ccon3)cc2)c2sccc2n1. The molecule has 1 aromatic carbocycles. The van der Waals surface area contributed by atoms with Crippen molar-refractivity contribution in [1.82, 2.24) is 20.0 Å². The lowest BCUT2D eigenvalue weighted by Crippen LogP contribution is -2.26. The summed E-state index contributed by atoms with van der Waals surface area (Å²) in [6.07, 6.45) is 1.50. The molecular weight excluding hydrogens is 348 g/mol. The number of fused-ring (bicyclic) bond motifs is 1. The summed E-state index contributed by atoms with van der Waals surface area (Å²) in [5.74, 6) is 0.665. The molecule has 0 saturated carbocycles. The zero-order valence-electron chi connectivity index (χ0n) is 14.3. The fourth-order valence-electron chi connectivity index (χ4n) is 2.80. The fraction of sp³-hybridized carbons (Fsp3) is 0.158. The fourth-order valence-corrected chi connectivity index (χ4v) is 3.64. The first-order valence-electron chi connectivity index (χ1n) is 8.09. The van der Waals surface area contributed by atoms with Crippen molar-refractivity contribution in [2.45, 2.75) is 13.5 Å². The van der Waals surface area contributed by atoms with Crippen molar-refractivity contribution in [3.63, 3.8) is 0 Å². The molecule has 130 valence electrons. The summed E-state index contributed by atoms with van der Waals surface area (Å²) in [6.45, 7) is 2.29. The molecule has 26 heavy (non-hydrogen) atoms. The molecule has 0 bridgehead atoms. The number of carbonyl (C=O) groups excluding carboxylic acids is 1. The highest BCUT2D eigenvalue weighted by Gasteiger charge is 2.15. The second-order valence-corrected chi connectivity index (χ2v) is 6.90. The molecule has 1 amide bonds. The number of hydrogen-bond donors (Lipinski definition) is 0. The highest BCUT2D eigenvalue weighted by atomic mass is 32.1. The molecular formula is C19H16N4O2S. The van der Waals surface area contributed by atoms with E-state index in [2.05, 4.69) is 15.1 Å². The standard InChI is InChI=1S/C19H16N4O2S/c1-12-20-16-8-10-26-18(16)17(21-12)13-3-5-14(6-4-13)19(24)23(2)11-15-7-9-25-22-15/h3-10H,11H2,1-2H3. The van der Waals surface area contributed by atoms with Crippen LogP contribution in [0.15, 0.2) is 52.6 Å². The van der Waals surface area contributed by atoms with Crippen molar-refractivity contribution >= 4 is 27.5 Å². The molecule has 4 aromatic rings. The quantitative estimate of drug-likeness (QED) is 0.549. The van der Waals surface area contributed by atoms with Gasteiger partial charge in [0.1, 0.15) is 17.8 Å². The van der Waals surface area contributed by atoms with Gasteiger partial charge >= 0.3 is 0 Å². The van der Waals surface area contributed by atoms with Crippen molar-refractivity contribution in [3.8, 4) is 11.3 Å². The lowest BCUT2D eigenvalue weighted by Gasteiger charge is -2.15. The van der Waals surface area contributed by atoms with Gasteiger partial charge in [0.15, 0.2) is 0 Å². The van der Waals surface area contributed by atoms with Gasteiger partial charge in [-0.05, 0) is 30.5 Å². The van der Waals surface area contributed by atoms with Gasteiger partial charge in [0.2, 0.25) is 0 Å². The van der Waals surface area contributed by atoms with Crippen LogP contribution in [0.4, 0.5) is 0 Å². The van der Waals surface area contributed by atoms with Gasteiger partial charge in [-0.15, -0.1) is 11.3 Å². The Labute approximate surface area is 154 Å². The number of thiophene rings is 1. The third-order valence-corrected chi connectivity index (χ3v) is 4.97. The molecule has 0 spiro atoms. The Morgan fingerprint density at radius 2 is 1.96 bits per heavy atom. The number of amides is 1. The van der Waals surface area contributed by atoms with Crippen LogP contribution in [0.1, 0.15) is 21.9 Å². The second kappa shape index (κ2) is 6.68. The topological polar surface area (TPSA) is 72.1 Å². The molecule has 0 fully saturated rings. The van der Waals surface area contributed by atoms with Crippen molar-refractivity contribution in [3.05, 3.63) is 65.1 Å². The summed E-state index contributed by atoms with van der Waals surface area (Å²) in [5.41, 5.74) is 4.16. The number of aromatic nitrogens is 3. The van der Waals surface area contributed by atoms with E-state index in [1.54, 1.807) is 29.4 Å². The van der Waals surface area contributed by atoms with E-state index < -0.39 is 0 Å². The van der Waals surface area contributed by atoms with Crippen LogP contribution in [0.3, 0.4) is 0 Å². The Bertz CT molecular complexity index is 1060. The van der Waals surface area contributed by atoms with E-state index in [0.29, 0.717) is 17.8 Å². The molecule has 0 aliphatic carbocycles. The van der Waals surface area contributed by atoms with Crippen LogP contribution >= 0.6 is 11.3 Å². The first kappa shape index (κ1) is 16.4. The van der Waals surface area contributed by atoms with E-state index in [-0.39, 0.29) is 5.91 Å². The Morgan fingerprint density at radius 1 is 1.15 bits per heavy atom. The van der Waals surface area contributed by atoms with Crippen LogP contribution in [0, 0.1) is 6.92 Å². The monoisotopic (exact) mass is 364 g/mol. The number of aryl methyl sites for hydroxylation is 1. The van der Waals surface area contributed by atoms with Crippen LogP contribution < -0.4 is 0 Å². The minimum Gasteiger partial charge on any atom is -0.364 e. The van der Waals surface area contributed by atoms with Crippen molar-refractivity contribution in [2.75, 3.05) is 7.05 Å². The Balaban J connectivity index is 1.60. The van der Waals surface area contributed by atoms with Gasteiger partial charge in [0.25, 0.3) is 5.91 Å². The summed E-state index contributed by atoms with van der Waals surface area (Å²) in [5, 5.41) is 5.85.